The molecule has 0 aliphatic carbocycles. The van der Waals surface area contributed by atoms with Gasteiger partial charge >= 0.3 is 5.97 Å². The minimum absolute atomic E-state index is 0.413. The van der Waals surface area contributed by atoms with Gasteiger partial charge in [0.25, 0.3) is 0 Å². The van der Waals surface area contributed by atoms with Gasteiger partial charge in [-0.05, 0) is 11.6 Å². The number of hydrogen-bond acceptors (Lipinski definition) is 2. The van der Waals surface area contributed by atoms with Crippen LogP contribution in [0.15, 0.2) is 36.4 Å². The van der Waals surface area contributed by atoms with Crippen molar-refractivity contribution in [3.8, 4) is 11.3 Å². The summed E-state index contributed by atoms with van der Waals surface area (Å²) in [5, 5.41) is 13.3. The maximum atomic E-state index is 10.8. The van der Waals surface area contributed by atoms with E-state index in [0.717, 1.165) is 17.0 Å². The lowest BCUT2D eigenvalue weighted by atomic mass is 10.1. The summed E-state index contributed by atoms with van der Waals surface area (Å²) >= 11 is 0. The van der Waals surface area contributed by atoms with Crippen molar-refractivity contribution in [2.45, 2.75) is 13.3 Å². The summed E-state index contributed by atoms with van der Waals surface area (Å²) in [5.41, 5.74) is 2.90. The number of aryl methyl sites for hydroxylation is 1. The minimum Gasteiger partial charge on any atom is -0.481 e. The highest BCUT2D eigenvalue weighted by Gasteiger charge is 2.15. The van der Waals surface area contributed by atoms with Crippen molar-refractivity contribution in [2.75, 3.05) is 0 Å². The maximum absolute atomic E-state index is 10.8. The van der Waals surface area contributed by atoms with Crippen LogP contribution in [-0.4, -0.2) is 20.9 Å². The van der Waals surface area contributed by atoms with Crippen molar-refractivity contribution < 1.29 is 9.90 Å². The third-order valence-corrected chi connectivity index (χ3v) is 2.94. The van der Waals surface area contributed by atoms with Gasteiger partial charge in [0, 0.05) is 13.5 Å². The van der Waals surface area contributed by atoms with Crippen molar-refractivity contribution in [3.05, 3.63) is 42.1 Å². The lowest BCUT2D eigenvalue weighted by Gasteiger charge is -2.01. The van der Waals surface area contributed by atoms with Crippen molar-refractivity contribution in [1.82, 2.24) is 9.78 Å². The van der Waals surface area contributed by atoms with E-state index >= 15 is 0 Å². The molecule has 2 aromatic rings. The quantitative estimate of drug-likeness (QED) is 0.898. The zero-order valence-electron chi connectivity index (χ0n) is 10.5. The molecule has 94 valence electrons. The third kappa shape index (κ3) is 2.59. The molecule has 2 rings (SSSR count). The van der Waals surface area contributed by atoms with Crippen LogP contribution >= 0.6 is 0 Å². The summed E-state index contributed by atoms with van der Waals surface area (Å²) in [6.45, 7) is 1.69. The first-order chi connectivity index (χ1) is 8.58. The fourth-order valence-corrected chi connectivity index (χ4v) is 1.91. The van der Waals surface area contributed by atoms with Crippen LogP contribution in [0.25, 0.3) is 11.3 Å². The lowest BCUT2D eigenvalue weighted by molar-refractivity contribution is -0.141. The van der Waals surface area contributed by atoms with E-state index in [2.05, 4.69) is 5.10 Å². The fourth-order valence-electron chi connectivity index (χ4n) is 1.91. The molecule has 1 aromatic heterocycles. The predicted octanol–water partition coefficient (Wildman–Crippen LogP) is 2.35. The van der Waals surface area contributed by atoms with E-state index in [1.165, 1.54) is 0 Å². The molecule has 1 unspecified atom stereocenters. The Kier molecular flexibility index (Phi) is 3.46. The molecule has 0 amide bonds. The second-order valence-electron chi connectivity index (χ2n) is 4.45. The topological polar surface area (TPSA) is 55.1 Å². The molecule has 1 atom stereocenters. The van der Waals surface area contributed by atoms with Gasteiger partial charge in [0.15, 0.2) is 0 Å². The van der Waals surface area contributed by atoms with Crippen molar-refractivity contribution in [3.63, 3.8) is 0 Å². The summed E-state index contributed by atoms with van der Waals surface area (Å²) in [7, 11) is 1.87. The van der Waals surface area contributed by atoms with Crippen molar-refractivity contribution in [1.29, 1.82) is 0 Å². The molecule has 0 saturated carbocycles. The molecule has 1 N–H and O–H groups in total. The molecule has 4 heteroatoms. The third-order valence-electron chi connectivity index (χ3n) is 2.94. The second kappa shape index (κ2) is 5.04. The summed E-state index contributed by atoms with van der Waals surface area (Å²) in [5.74, 6) is -1.20. The van der Waals surface area contributed by atoms with Gasteiger partial charge in [-0.3, -0.25) is 9.48 Å². The number of nitrogens with zero attached hydrogens (tertiary/aromatic N) is 2. The van der Waals surface area contributed by atoms with E-state index in [0.29, 0.717) is 6.42 Å². The second-order valence-corrected chi connectivity index (χ2v) is 4.45. The van der Waals surface area contributed by atoms with Crippen LogP contribution < -0.4 is 0 Å². The van der Waals surface area contributed by atoms with E-state index in [1.54, 1.807) is 11.6 Å². The molecule has 1 heterocycles. The SMILES string of the molecule is CC(Cc1cc(-c2ccccc2)n(C)n1)C(=O)O. The number of rotatable bonds is 4. The normalized spacial score (nSPS) is 12.3. The lowest BCUT2D eigenvalue weighted by Crippen LogP contribution is -2.12. The molecule has 0 aliphatic rings. The Balaban J connectivity index is 2.25. The van der Waals surface area contributed by atoms with E-state index in [1.807, 2.05) is 43.4 Å². The van der Waals surface area contributed by atoms with Gasteiger partial charge in [-0.2, -0.15) is 5.10 Å². The van der Waals surface area contributed by atoms with Crippen molar-refractivity contribution >= 4 is 5.97 Å². The number of hydrogen-bond donors (Lipinski definition) is 1. The number of benzene rings is 1. The Morgan fingerprint density at radius 1 is 1.39 bits per heavy atom. The molecule has 18 heavy (non-hydrogen) atoms. The van der Waals surface area contributed by atoms with E-state index in [9.17, 15) is 4.79 Å². The average molecular weight is 244 g/mol. The van der Waals surface area contributed by atoms with Gasteiger partial charge in [0.2, 0.25) is 0 Å². The van der Waals surface area contributed by atoms with Gasteiger partial charge in [-0.15, -0.1) is 0 Å². The number of carboxylic acids is 1. The molecule has 0 aliphatic heterocycles. The molecule has 0 fully saturated rings. The highest BCUT2D eigenvalue weighted by atomic mass is 16.4. The number of carboxylic acid groups (broad SMARTS) is 1. The number of carbonyl (C=O) groups is 1. The minimum atomic E-state index is -0.790. The van der Waals surface area contributed by atoms with Crippen LogP contribution in [0.3, 0.4) is 0 Å². The largest absolute Gasteiger partial charge is 0.481 e. The van der Waals surface area contributed by atoms with Crippen LogP contribution in [0, 0.1) is 5.92 Å². The smallest absolute Gasteiger partial charge is 0.306 e. The molecule has 0 bridgehead atoms. The maximum Gasteiger partial charge on any atom is 0.306 e. The van der Waals surface area contributed by atoms with Crippen LogP contribution in [0.1, 0.15) is 12.6 Å². The Morgan fingerprint density at radius 2 is 2.06 bits per heavy atom. The van der Waals surface area contributed by atoms with Crippen LogP contribution in [0.4, 0.5) is 0 Å². The molecule has 0 saturated heterocycles. The van der Waals surface area contributed by atoms with Gasteiger partial charge in [-0.1, -0.05) is 37.3 Å². The van der Waals surface area contributed by atoms with E-state index in [4.69, 9.17) is 5.11 Å². The molecule has 1 aromatic carbocycles. The predicted molar refractivity (Wildman–Crippen MR) is 69.1 cm³/mol. The number of aliphatic carboxylic acids is 1. The standard InChI is InChI=1S/C14H16N2O2/c1-10(14(17)18)8-12-9-13(16(2)15-12)11-6-4-3-5-7-11/h3-7,9-10H,8H2,1-2H3,(H,17,18). The van der Waals surface area contributed by atoms with Crippen molar-refractivity contribution in [2.24, 2.45) is 13.0 Å². The monoisotopic (exact) mass is 244 g/mol. The fraction of sp³-hybridized carbons (Fsp3) is 0.286. The summed E-state index contributed by atoms with van der Waals surface area (Å²) in [6, 6.07) is 11.9. The van der Waals surface area contributed by atoms with Gasteiger partial charge < -0.3 is 5.11 Å². The Labute approximate surface area is 106 Å². The molecule has 0 radical (unpaired) electrons. The van der Waals surface area contributed by atoms with E-state index < -0.39 is 11.9 Å². The highest BCUT2D eigenvalue weighted by molar-refractivity contribution is 5.70. The Morgan fingerprint density at radius 3 is 2.67 bits per heavy atom. The van der Waals surface area contributed by atoms with Crippen LogP contribution in [-0.2, 0) is 18.3 Å². The first-order valence-corrected chi connectivity index (χ1v) is 5.89. The molecular formula is C14H16N2O2. The van der Waals surface area contributed by atoms with Crippen LogP contribution in [0.5, 0.6) is 0 Å². The summed E-state index contributed by atoms with van der Waals surface area (Å²) in [4.78, 5) is 10.8. The molecular weight excluding hydrogens is 228 g/mol. The van der Waals surface area contributed by atoms with Gasteiger partial charge in [0.1, 0.15) is 0 Å². The average Bonchev–Trinajstić information content (AvgIpc) is 2.71. The highest BCUT2D eigenvalue weighted by Crippen LogP contribution is 2.20. The Hall–Kier alpha value is -2.10. The summed E-state index contributed by atoms with van der Waals surface area (Å²) < 4.78 is 1.79. The Bertz CT molecular complexity index is 546. The first kappa shape index (κ1) is 12.4. The van der Waals surface area contributed by atoms with Crippen LogP contribution in [0.2, 0.25) is 0 Å². The zero-order valence-corrected chi connectivity index (χ0v) is 10.5. The van der Waals surface area contributed by atoms with E-state index in [-0.39, 0.29) is 0 Å². The molecule has 0 spiro atoms. The van der Waals surface area contributed by atoms with Gasteiger partial charge in [0.05, 0.1) is 17.3 Å². The first-order valence-electron chi connectivity index (χ1n) is 5.89. The molecule has 4 nitrogen and oxygen atoms in total. The number of aromatic nitrogens is 2. The summed E-state index contributed by atoms with van der Waals surface area (Å²) in [6.07, 6.45) is 0.454. The zero-order chi connectivity index (χ0) is 13.1. The van der Waals surface area contributed by atoms with Gasteiger partial charge in [-0.25, -0.2) is 0 Å².